The smallest absolute Gasteiger partial charge is 0.306 e. The minimum atomic E-state index is -4.12. The van der Waals surface area contributed by atoms with Crippen LogP contribution in [-0.2, 0) is 33.9 Å². The maximum absolute atomic E-state index is 14.4. The first kappa shape index (κ1) is 34.6. The Bertz CT molecular complexity index is 1460. The number of nitrogens with one attached hydrogen (secondary N) is 1. The lowest BCUT2D eigenvalue weighted by molar-refractivity contribution is -0.156. The lowest BCUT2D eigenvalue weighted by Crippen LogP contribution is -2.49. The van der Waals surface area contributed by atoms with Crippen LogP contribution in [0.4, 0.5) is 0 Å². The maximum Gasteiger partial charge on any atom is 0.306 e. The fourth-order valence-electron chi connectivity index (χ4n) is 6.77. The van der Waals surface area contributed by atoms with Crippen molar-refractivity contribution in [2.24, 2.45) is 28.6 Å². The van der Waals surface area contributed by atoms with Crippen molar-refractivity contribution in [2.75, 3.05) is 19.8 Å². The lowest BCUT2D eigenvalue weighted by Gasteiger charge is -2.34. The topological polar surface area (TPSA) is 130 Å². The number of ketones is 1. The molecule has 0 bridgehead atoms. The standard InChI is InChI=1S/C34H46ClN3O7S/c1-5-23-17-34(23,32(42)36-19-22-10-11-22)18-29(39)28-20-37(46(43,44)26-14-12-24(35)13-15-26)21-38(28)31(41)27(33(2,3)4)16-30(40)45-25-8-6-7-9-25/h5,12-15,22-23,25,27-28H,1,6-11,16-21H2,2-4H3,(H,36,42)/t23-,27-,28+,34-/m1/s1. The Morgan fingerprint density at radius 1 is 1.11 bits per heavy atom. The molecule has 252 valence electrons. The second kappa shape index (κ2) is 13.4. The number of Topliss-reactive ketones (excluding diaryl/α,β-unsaturated/α-hetero) is 1. The molecule has 10 nitrogen and oxygen atoms in total. The van der Waals surface area contributed by atoms with Gasteiger partial charge in [0, 0.05) is 24.5 Å². The van der Waals surface area contributed by atoms with E-state index < -0.39 is 50.5 Å². The molecule has 3 saturated carbocycles. The number of esters is 1. The summed E-state index contributed by atoms with van der Waals surface area (Å²) in [6, 6.07) is 4.56. The van der Waals surface area contributed by atoms with E-state index >= 15 is 0 Å². The van der Waals surface area contributed by atoms with Gasteiger partial charge in [0.1, 0.15) is 12.1 Å². The molecule has 0 aromatic heterocycles. The number of allylic oxidation sites excluding steroid dienone is 1. The zero-order valence-corrected chi connectivity index (χ0v) is 28.6. The summed E-state index contributed by atoms with van der Waals surface area (Å²) in [4.78, 5) is 56.2. The van der Waals surface area contributed by atoms with E-state index in [9.17, 15) is 27.6 Å². The fraction of sp³-hybridized carbons (Fsp3) is 0.647. The van der Waals surface area contributed by atoms with E-state index in [1.807, 2.05) is 20.8 Å². The summed E-state index contributed by atoms with van der Waals surface area (Å²) >= 11 is 6.00. The second-order valence-corrected chi connectivity index (χ2v) is 17.0. The van der Waals surface area contributed by atoms with Crippen molar-refractivity contribution in [1.29, 1.82) is 0 Å². The molecule has 1 aromatic carbocycles. The summed E-state index contributed by atoms with van der Waals surface area (Å²) in [5, 5.41) is 3.37. The molecule has 1 aromatic rings. The van der Waals surface area contributed by atoms with Crippen molar-refractivity contribution in [3.8, 4) is 0 Å². The number of amides is 2. The summed E-state index contributed by atoms with van der Waals surface area (Å²) in [6.45, 7) is 9.30. The van der Waals surface area contributed by atoms with Gasteiger partial charge in [0.15, 0.2) is 5.78 Å². The van der Waals surface area contributed by atoms with Gasteiger partial charge in [-0.15, -0.1) is 6.58 Å². The Balaban J connectivity index is 1.41. The van der Waals surface area contributed by atoms with E-state index in [1.54, 1.807) is 6.08 Å². The van der Waals surface area contributed by atoms with Crippen molar-refractivity contribution in [2.45, 2.75) is 95.6 Å². The van der Waals surface area contributed by atoms with Gasteiger partial charge in [0.25, 0.3) is 0 Å². The van der Waals surface area contributed by atoms with Gasteiger partial charge in [0.05, 0.1) is 29.3 Å². The number of benzene rings is 1. The highest BCUT2D eigenvalue weighted by Gasteiger charge is 2.60. The molecule has 12 heteroatoms. The van der Waals surface area contributed by atoms with E-state index in [1.165, 1.54) is 29.2 Å². The lowest BCUT2D eigenvalue weighted by atomic mass is 9.77. The monoisotopic (exact) mass is 675 g/mol. The van der Waals surface area contributed by atoms with Gasteiger partial charge >= 0.3 is 5.97 Å². The van der Waals surface area contributed by atoms with Crippen molar-refractivity contribution >= 4 is 45.2 Å². The minimum Gasteiger partial charge on any atom is -0.462 e. The van der Waals surface area contributed by atoms with Crippen LogP contribution in [0.15, 0.2) is 41.8 Å². The highest BCUT2D eigenvalue weighted by molar-refractivity contribution is 7.89. The molecule has 1 heterocycles. The minimum absolute atomic E-state index is 0.0188. The molecule has 1 N–H and O–H groups in total. The van der Waals surface area contributed by atoms with E-state index in [-0.39, 0.29) is 48.9 Å². The molecule has 0 spiro atoms. The highest BCUT2D eigenvalue weighted by atomic mass is 35.5. The van der Waals surface area contributed by atoms with Gasteiger partial charge < -0.3 is 15.0 Å². The third-order valence-electron chi connectivity index (χ3n) is 10.1. The Morgan fingerprint density at radius 3 is 2.33 bits per heavy atom. The van der Waals surface area contributed by atoms with Gasteiger partial charge in [-0.2, -0.15) is 4.31 Å². The number of hydrogen-bond donors (Lipinski definition) is 1. The summed E-state index contributed by atoms with van der Waals surface area (Å²) in [7, 11) is -4.12. The van der Waals surface area contributed by atoms with Gasteiger partial charge in [-0.25, -0.2) is 8.42 Å². The van der Waals surface area contributed by atoms with Crippen LogP contribution >= 0.6 is 11.6 Å². The third kappa shape index (κ3) is 7.52. The Morgan fingerprint density at radius 2 is 1.76 bits per heavy atom. The van der Waals surface area contributed by atoms with Crippen molar-refractivity contribution in [1.82, 2.24) is 14.5 Å². The van der Waals surface area contributed by atoms with Crippen LogP contribution in [0.25, 0.3) is 0 Å². The third-order valence-corrected chi connectivity index (χ3v) is 12.2. The van der Waals surface area contributed by atoms with Crippen LogP contribution in [0.5, 0.6) is 0 Å². The highest BCUT2D eigenvalue weighted by Crippen LogP contribution is 2.56. The van der Waals surface area contributed by atoms with Crippen LogP contribution in [0.2, 0.25) is 5.02 Å². The Kier molecular flexibility index (Phi) is 10.1. The predicted octanol–water partition coefficient (Wildman–Crippen LogP) is 4.71. The summed E-state index contributed by atoms with van der Waals surface area (Å²) in [5.74, 6) is -2.18. The maximum atomic E-state index is 14.4. The number of halogens is 1. The van der Waals surface area contributed by atoms with Gasteiger partial charge in [-0.1, -0.05) is 38.4 Å². The molecular formula is C34H46ClN3O7S. The molecule has 4 aliphatic rings. The number of hydrogen-bond acceptors (Lipinski definition) is 7. The summed E-state index contributed by atoms with van der Waals surface area (Å²) < 4.78 is 34.3. The van der Waals surface area contributed by atoms with Crippen molar-refractivity contribution < 1.29 is 32.3 Å². The van der Waals surface area contributed by atoms with E-state index in [0.717, 1.165) is 42.8 Å². The zero-order valence-electron chi connectivity index (χ0n) is 27.0. The first-order valence-corrected chi connectivity index (χ1v) is 18.2. The molecule has 1 saturated heterocycles. The van der Waals surface area contributed by atoms with E-state index in [2.05, 4.69) is 11.9 Å². The number of sulfonamides is 1. The number of nitrogens with zero attached hydrogens (tertiary/aromatic N) is 2. The SMILES string of the molecule is C=C[C@@H]1C[C@]1(CC(=O)[C@@H]1CN(S(=O)(=O)c2ccc(Cl)cc2)CN1C(=O)[C@@H](CC(=O)OC1CCCC1)C(C)(C)C)C(=O)NCC1CC1. The average molecular weight is 676 g/mol. The number of carbonyl (C=O) groups is 4. The normalized spacial score (nSPS) is 26.0. The van der Waals surface area contributed by atoms with Gasteiger partial charge in [-0.05, 0) is 86.5 Å². The Labute approximate surface area is 277 Å². The summed E-state index contributed by atoms with van der Waals surface area (Å²) in [5.41, 5.74) is -1.67. The second-order valence-electron chi connectivity index (χ2n) is 14.6. The summed E-state index contributed by atoms with van der Waals surface area (Å²) in [6.07, 6.45) is 7.35. The molecule has 2 amide bonds. The molecule has 0 radical (unpaired) electrons. The van der Waals surface area contributed by atoms with Crippen LogP contribution in [0.3, 0.4) is 0 Å². The van der Waals surface area contributed by atoms with Gasteiger partial charge in [0.2, 0.25) is 21.8 Å². The number of carbonyl (C=O) groups excluding carboxylic acids is 4. The quantitative estimate of drug-likeness (QED) is 0.237. The molecule has 0 unspecified atom stereocenters. The first-order chi connectivity index (χ1) is 21.7. The van der Waals surface area contributed by atoms with Gasteiger partial charge in [-0.3, -0.25) is 19.2 Å². The van der Waals surface area contributed by atoms with Crippen molar-refractivity contribution in [3.05, 3.63) is 41.9 Å². The van der Waals surface area contributed by atoms with Crippen LogP contribution in [0, 0.1) is 28.6 Å². The predicted molar refractivity (Wildman–Crippen MR) is 173 cm³/mol. The fourth-order valence-corrected chi connectivity index (χ4v) is 8.29. The molecule has 4 atom stereocenters. The van der Waals surface area contributed by atoms with Crippen LogP contribution in [0.1, 0.15) is 78.6 Å². The van der Waals surface area contributed by atoms with E-state index in [4.69, 9.17) is 16.3 Å². The van der Waals surface area contributed by atoms with Crippen molar-refractivity contribution in [3.63, 3.8) is 0 Å². The molecule has 5 rings (SSSR count). The Hall–Kier alpha value is -2.76. The van der Waals surface area contributed by atoms with E-state index in [0.29, 0.717) is 23.9 Å². The zero-order chi connectivity index (χ0) is 33.4. The number of rotatable bonds is 13. The molecule has 3 aliphatic carbocycles. The molecule has 46 heavy (non-hydrogen) atoms. The van der Waals surface area contributed by atoms with Crippen LogP contribution < -0.4 is 5.32 Å². The molecule has 4 fully saturated rings. The molecule has 1 aliphatic heterocycles. The van der Waals surface area contributed by atoms with Crippen LogP contribution in [-0.4, -0.2) is 73.1 Å². The number of ether oxygens (including phenoxy) is 1. The largest absolute Gasteiger partial charge is 0.462 e. The average Bonchev–Trinajstić information content (AvgIpc) is 3.84. The first-order valence-electron chi connectivity index (χ1n) is 16.3. The molecular weight excluding hydrogens is 630 g/mol.